The van der Waals surface area contributed by atoms with Gasteiger partial charge in [-0.3, -0.25) is 0 Å². The van der Waals surface area contributed by atoms with Gasteiger partial charge in [0.15, 0.2) is 11.5 Å². The van der Waals surface area contributed by atoms with Crippen molar-refractivity contribution in [2.45, 2.75) is 32.3 Å². The fraction of sp³-hybridized carbons (Fsp3) is 0.571. The number of unbranched alkanes of at least 4 members (excludes halogenated alkanes) is 1. The first-order chi connectivity index (χ1) is 8.40. The summed E-state index contributed by atoms with van der Waals surface area (Å²) in [7, 11) is 0. The van der Waals surface area contributed by atoms with E-state index in [1.807, 2.05) is 24.3 Å². The van der Waals surface area contributed by atoms with Crippen molar-refractivity contribution in [1.82, 2.24) is 5.32 Å². The molecule has 1 atom stereocenters. The van der Waals surface area contributed by atoms with Crippen LogP contribution in [0, 0.1) is 0 Å². The van der Waals surface area contributed by atoms with E-state index in [9.17, 15) is 0 Å². The first-order valence-electron chi connectivity index (χ1n) is 6.49. The van der Waals surface area contributed by atoms with Gasteiger partial charge in [-0.1, -0.05) is 25.5 Å². The molecular formula is C14H21NO2. The van der Waals surface area contributed by atoms with Gasteiger partial charge in [0.1, 0.15) is 6.10 Å². The summed E-state index contributed by atoms with van der Waals surface area (Å²) >= 11 is 0. The van der Waals surface area contributed by atoms with Gasteiger partial charge >= 0.3 is 0 Å². The summed E-state index contributed by atoms with van der Waals surface area (Å²) < 4.78 is 11.6. The molecule has 0 spiro atoms. The number of benzene rings is 1. The number of rotatable bonds is 5. The average molecular weight is 235 g/mol. The Balaban J connectivity index is 1.85. The second-order valence-electron chi connectivity index (χ2n) is 4.38. The summed E-state index contributed by atoms with van der Waals surface area (Å²) in [6, 6.07) is 7.89. The number of fused-ring (bicyclic) bond motifs is 1. The van der Waals surface area contributed by atoms with E-state index in [4.69, 9.17) is 9.47 Å². The molecule has 0 aliphatic carbocycles. The van der Waals surface area contributed by atoms with Crippen LogP contribution in [-0.4, -0.2) is 25.8 Å². The minimum atomic E-state index is 0.218. The van der Waals surface area contributed by atoms with Crippen molar-refractivity contribution in [3.8, 4) is 11.5 Å². The van der Waals surface area contributed by atoms with E-state index in [1.165, 1.54) is 12.8 Å². The molecule has 0 bridgehead atoms. The quantitative estimate of drug-likeness (QED) is 0.796. The summed E-state index contributed by atoms with van der Waals surface area (Å²) in [5.41, 5.74) is 0. The molecule has 0 saturated carbocycles. The Morgan fingerprint density at radius 2 is 2.12 bits per heavy atom. The highest BCUT2D eigenvalue weighted by molar-refractivity contribution is 5.40. The predicted octanol–water partition coefficient (Wildman–Crippen LogP) is 2.61. The molecule has 0 fully saturated rings. The van der Waals surface area contributed by atoms with Gasteiger partial charge in [0.2, 0.25) is 0 Å². The summed E-state index contributed by atoms with van der Waals surface area (Å²) in [4.78, 5) is 0. The van der Waals surface area contributed by atoms with Crippen LogP contribution in [0.15, 0.2) is 24.3 Å². The maximum atomic E-state index is 5.95. The molecule has 0 aromatic heterocycles. The fourth-order valence-corrected chi connectivity index (χ4v) is 1.91. The largest absolute Gasteiger partial charge is 0.490 e. The maximum Gasteiger partial charge on any atom is 0.161 e. The Hall–Kier alpha value is -1.22. The Labute approximate surface area is 103 Å². The number of nitrogens with one attached hydrogen (secondary N) is 1. The van der Waals surface area contributed by atoms with Crippen LogP contribution in [0.3, 0.4) is 0 Å². The summed E-state index contributed by atoms with van der Waals surface area (Å²) in [6.07, 6.45) is 3.61. The van der Waals surface area contributed by atoms with Gasteiger partial charge in [0.05, 0.1) is 6.61 Å². The number of hydrogen-bond donors (Lipinski definition) is 1. The predicted molar refractivity (Wildman–Crippen MR) is 68.7 cm³/mol. The van der Waals surface area contributed by atoms with Crippen molar-refractivity contribution in [3.05, 3.63) is 24.3 Å². The molecule has 94 valence electrons. The van der Waals surface area contributed by atoms with E-state index in [-0.39, 0.29) is 6.10 Å². The van der Waals surface area contributed by atoms with Crippen LogP contribution in [0.25, 0.3) is 0 Å². The van der Waals surface area contributed by atoms with Crippen LogP contribution in [0.5, 0.6) is 11.5 Å². The van der Waals surface area contributed by atoms with E-state index < -0.39 is 0 Å². The third kappa shape index (κ3) is 3.63. The summed E-state index contributed by atoms with van der Waals surface area (Å²) in [5.74, 6) is 1.73. The Morgan fingerprint density at radius 1 is 1.29 bits per heavy atom. The Morgan fingerprint density at radius 3 is 2.94 bits per heavy atom. The minimum Gasteiger partial charge on any atom is -0.490 e. The molecule has 17 heavy (non-hydrogen) atoms. The van der Waals surface area contributed by atoms with Crippen molar-refractivity contribution in [1.29, 1.82) is 0 Å². The van der Waals surface area contributed by atoms with E-state index >= 15 is 0 Å². The lowest BCUT2D eigenvalue weighted by molar-refractivity contribution is 0.187. The average Bonchev–Trinajstić information content (AvgIpc) is 2.56. The molecule has 1 aromatic rings. The van der Waals surface area contributed by atoms with Crippen LogP contribution in [-0.2, 0) is 0 Å². The molecule has 1 aliphatic heterocycles. The van der Waals surface area contributed by atoms with Gasteiger partial charge in [-0.05, 0) is 25.1 Å². The highest BCUT2D eigenvalue weighted by Crippen LogP contribution is 2.30. The van der Waals surface area contributed by atoms with Crippen LogP contribution < -0.4 is 14.8 Å². The standard InChI is InChI=1S/C14H21NO2/c1-2-3-9-15-11-12-8-10-16-13-6-4-5-7-14(13)17-12/h4-7,12,15H,2-3,8-11H2,1H3. The molecule has 2 rings (SSSR count). The first-order valence-corrected chi connectivity index (χ1v) is 6.49. The molecule has 1 aromatic carbocycles. The maximum absolute atomic E-state index is 5.95. The fourth-order valence-electron chi connectivity index (χ4n) is 1.91. The van der Waals surface area contributed by atoms with Gasteiger partial charge in [0.25, 0.3) is 0 Å². The van der Waals surface area contributed by atoms with Crippen molar-refractivity contribution in [2.24, 2.45) is 0 Å². The summed E-state index contributed by atoms with van der Waals surface area (Å²) in [5, 5.41) is 3.43. The van der Waals surface area contributed by atoms with E-state index in [1.54, 1.807) is 0 Å². The number of ether oxygens (including phenoxy) is 2. The topological polar surface area (TPSA) is 30.5 Å². The first kappa shape index (κ1) is 12.2. The van der Waals surface area contributed by atoms with Crippen LogP contribution in [0.2, 0.25) is 0 Å². The number of para-hydroxylation sites is 2. The Bertz CT molecular complexity index is 341. The zero-order chi connectivity index (χ0) is 11.9. The molecule has 3 nitrogen and oxygen atoms in total. The van der Waals surface area contributed by atoms with E-state index in [0.717, 1.165) is 37.6 Å². The molecule has 1 N–H and O–H groups in total. The van der Waals surface area contributed by atoms with Gasteiger partial charge in [-0.25, -0.2) is 0 Å². The molecule has 1 aliphatic rings. The van der Waals surface area contributed by atoms with E-state index in [2.05, 4.69) is 12.2 Å². The molecular weight excluding hydrogens is 214 g/mol. The lowest BCUT2D eigenvalue weighted by atomic mass is 10.2. The van der Waals surface area contributed by atoms with Gasteiger partial charge in [-0.15, -0.1) is 0 Å². The third-order valence-electron chi connectivity index (χ3n) is 2.92. The normalized spacial score (nSPS) is 18.8. The monoisotopic (exact) mass is 235 g/mol. The molecule has 0 saturated heterocycles. The lowest BCUT2D eigenvalue weighted by Gasteiger charge is -2.16. The van der Waals surface area contributed by atoms with Gasteiger partial charge in [-0.2, -0.15) is 0 Å². The SMILES string of the molecule is CCCCNCC1CCOc2ccccc2O1. The molecule has 1 heterocycles. The van der Waals surface area contributed by atoms with Crippen molar-refractivity contribution in [3.63, 3.8) is 0 Å². The van der Waals surface area contributed by atoms with Crippen LogP contribution in [0.4, 0.5) is 0 Å². The van der Waals surface area contributed by atoms with Crippen LogP contribution in [0.1, 0.15) is 26.2 Å². The third-order valence-corrected chi connectivity index (χ3v) is 2.92. The van der Waals surface area contributed by atoms with Crippen LogP contribution >= 0.6 is 0 Å². The lowest BCUT2D eigenvalue weighted by Crippen LogP contribution is -2.32. The second kappa shape index (κ2) is 6.50. The molecule has 3 heteroatoms. The molecule has 0 radical (unpaired) electrons. The number of hydrogen-bond acceptors (Lipinski definition) is 3. The molecule has 1 unspecified atom stereocenters. The van der Waals surface area contributed by atoms with Gasteiger partial charge < -0.3 is 14.8 Å². The van der Waals surface area contributed by atoms with Crippen molar-refractivity contribution >= 4 is 0 Å². The highest BCUT2D eigenvalue weighted by atomic mass is 16.5. The second-order valence-corrected chi connectivity index (χ2v) is 4.38. The zero-order valence-electron chi connectivity index (χ0n) is 10.4. The minimum absolute atomic E-state index is 0.218. The molecule has 0 amide bonds. The van der Waals surface area contributed by atoms with E-state index in [0.29, 0.717) is 0 Å². The zero-order valence-corrected chi connectivity index (χ0v) is 10.4. The smallest absolute Gasteiger partial charge is 0.161 e. The highest BCUT2D eigenvalue weighted by Gasteiger charge is 2.17. The van der Waals surface area contributed by atoms with Crippen molar-refractivity contribution in [2.75, 3.05) is 19.7 Å². The van der Waals surface area contributed by atoms with Crippen molar-refractivity contribution < 1.29 is 9.47 Å². The Kier molecular flexibility index (Phi) is 4.68. The van der Waals surface area contributed by atoms with Gasteiger partial charge in [0, 0.05) is 13.0 Å². The summed E-state index contributed by atoms with van der Waals surface area (Å²) in [6.45, 7) is 4.90.